The highest BCUT2D eigenvalue weighted by Gasteiger charge is 2.35. The van der Waals surface area contributed by atoms with E-state index in [0.29, 0.717) is 18.6 Å². The van der Waals surface area contributed by atoms with Crippen LogP contribution in [0.2, 0.25) is 5.02 Å². The molecule has 2 unspecified atom stereocenters. The standard InChI is InChI=1S/C11H11BrClNO/c12-11-8(13)2-1-6-5-15-9-4-14-3-7(9)10(6)11/h1-2,7,9,14H,3-5H2. The van der Waals surface area contributed by atoms with Crippen LogP contribution in [0.1, 0.15) is 17.0 Å². The summed E-state index contributed by atoms with van der Waals surface area (Å²) in [5.41, 5.74) is 2.60. The van der Waals surface area contributed by atoms with Gasteiger partial charge in [-0.25, -0.2) is 0 Å². The minimum atomic E-state index is 0.312. The molecule has 15 heavy (non-hydrogen) atoms. The molecule has 2 atom stereocenters. The molecular formula is C11H11BrClNO. The maximum absolute atomic E-state index is 6.13. The topological polar surface area (TPSA) is 21.3 Å². The second kappa shape index (κ2) is 3.74. The van der Waals surface area contributed by atoms with Crippen molar-refractivity contribution in [2.45, 2.75) is 18.6 Å². The lowest BCUT2D eigenvalue weighted by molar-refractivity contribution is 0.0297. The molecule has 0 aromatic heterocycles. The fourth-order valence-corrected chi connectivity index (χ4v) is 3.29. The number of benzene rings is 1. The molecule has 2 nitrogen and oxygen atoms in total. The molecule has 0 radical (unpaired) electrons. The van der Waals surface area contributed by atoms with Crippen LogP contribution in [0.5, 0.6) is 0 Å². The summed E-state index contributed by atoms with van der Waals surface area (Å²) in [5.74, 6) is 0.446. The molecule has 4 heteroatoms. The summed E-state index contributed by atoms with van der Waals surface area (Å²) in [4.78, 5) is 0. The van der Waals surface area contributed by atoms with Crippen LogP contribution in [0, 0.1) is 0 Å². The Morgan fingerprint density at radius 3 is 3.13 bits per heavy atom. The number of ether oxygens (including phenoxy) is 1. The molecule has 0 bridgehead atoms. The fraction of sp³-hybridized carbons (Fsp3) is 0.455. The number of halogens is 2. The summed E-state index contributed by atoms with van der Waals surface area (Å²) in [7, 11) is 0. The number of nitrogens with one attached hydrogen (secondary N) is 1. The maximum atomic E-state index is 6.13. The van der Waals surface area contributed by atoms with Gasteiger partial charge in [-0.3, -0.25) is 0 Å². The Bertz CT molecular complexity index is 410. The van der Waals surface area contributed by atoms with Crippen molar-refractivity contribution in [2.75, 3.05) is 13.1 Å². The van der Waals surface area contributed by atoms with Crippen molar-refractivity contribution < 1.29 is 4.74 Å². The zero-order valence-corrected chi connectivity index (χ0v) is 10.4. The quantitative estimate of drug-likeness (QED) is 0.792. The Morgan fingerprint density at radius 1 is 1.40 bits per heavy atom. The summed E-state index contributed by atoms with van der Waals surface area (Å²) >= 11 is 9.72. The SMILES string of the molecule is Clc1ccc2c(c1Br)C1CNCC1OC2. The number of hydrogen-bond acceptors (Lipinski definition) is 2. The number of fused-ring (bicyclic) bond motifs is 3. The Labute approximate surface area is 102 Å². The number of hydrogen-bond donors (Lipinski definition) is 1. The lowest BCUT2D eigenvalue weighted by Crippen LogP contribution is -2.27. The minimum Gasteiger partial charge on any atom is -0.372 e. The summed E-state index contributed by atoms with van der Waals surface area (Å²) < 4.78 is 6.84. The largest absolute Gasteiger partial charge is 0.372 e. The van der Waals surface area contributed by atoms with Crippen LogP contribution in [0.3, 0.4) is 0 Å². The van der Waals surface area contributed by atoms with E-state index in [0.717, 1.165) is 22.6 Å². The van der Waals surface area contributed by atoms with Crippen LogP contribution in [0.4, 0.5) is 0 Å². The zero-order chi connectivity index (χ0) is 10.4. The van der Waals surface area contributed by atoms with Crippen LogP contribution in [0.25, 0.3) is 0 Å². The molecule has 0 saturated carbocycles. The molecule has 1 saturated heterocycles. The van der Waals surface area contributed by atoms with E-state index in [-0.39, 0.29) is 0 Å². The van der Waals surface area contributed by atoms with Gasteiger partial charge in [0.05, 0.1) is 17.7 Å². The lowest BCUT2D eigenvalue weighted by Gasteiger charge is -2.29. The van der Waals surface area contributed by atoms with E-state index in [2.05, 4.69) is 27.3 Å². The highest BCUT2D eigenvalue weighted by atomic mass is 79.9. The van der Waals surface area contributed by atoms with E-state index < -0.39 is 0 Å². The van der Waals surface area contributed by atoms with Gasteiger partial charge in [0.1, 0.15) is 0 Å². The van der Waals surface area contributed by atoms with Crippen LogP contribution in [-0.2, 0) is 11.3 Å². The molecule has 2 aliphatic rings. The van der Waals surface area contributed by atoms with Crippen LogP contribution >= 0.6 is 27.5 Å². The van der Waals surface area contributed by atoms with Gasteiger partial charge >= 0.3 is 0 Å². The lowest BCUT2D eigenvalue weighted by atomic mass is 9.90. The molecule has 1 fully saturated rings. The molecule has 3 rings (SSSR count). The van der Waals surface area contributed by atoms with E-state index in [4.69, 9.17) is 16.3 Å². The second-order valence-corrected chi connectivity index (χ2v) is 5.25. The van der Waals surface area contributed by atoms with E-state index in [1.54, 1.807) is 0 Å². The number of rotatable bonds is 0. The first-order valence-corrected chi connectivity index (χ1v) is 6.23. The highest BCUT2D eigenvalue weighted by Crippen LogP contribution is 2.40. The smallest absolute Gasteiger partial charge is 0.0785 e. The molecule has 2 aliphatic heterocycles. The van der Waals surface area contributed by atoms with Gasteiger partial charge in [0.25, 0.3) is 0 Å². The van der Waals surface area contributed by atoms with Gasteiger partial charge in [-0.2, -0.15) is 0 Å². The first-order chi connectivity index (χ1) is 7.27. The average Bonchev–Trinajstić information content (AvgIpc) is 2.70. The van der Waals surface area contributed by atoms with Crippen molar-refractivity contribution in [3.63, 3.8) is 0 Å². The van der Waals surface area contributed by atoms with Crippen molar-refractivity contribution >= 4 is 27.5 Å². The van der Waals surface area contributed by atoms with E-state index in [1.807, 2.05) is 6.07 Å². The molecule has 1 N–H and O–H groups in total. The van der Waals surface area contributed by atoms with Gasteiger partial charge in [-0.1, -0.05) is 17.7 Å². The van der Waals surface area contributed by atoms with Crippen LogP contribution in [0.15, 0.2) is 16.6 Å². The Kier molecular flexibility index (Phi) is 2.51. The van der Waals surface area contributed by atoms with Gasteiger partial charge in [-0.15, -0.1) is 0 Å². The second-order valence-electron chi connectivity index (χ2n) is 4.05. The third kappa shape index (κ3) is 1.53. The van der Waals surface area contributed by atoms with E-state index in [1.165, 1.54) is 11.1 Å². The minimum absolute atomic E-state index is 0.312. The van der Waals surface area contributed by atoms with Gasteiger partial charge in [-0.05, 0) is 33.1 Å². The third-order valence-corrected chi connectivity index (χ3v) is 4.60. The normalized spacial score (nSPS) is 28.7. The predicted octanol–water partition coefficient (Wildman–Crippen LogP) is 2.69. The molecule has 0 aliphatic carbocycles. The summed E-state index contributed by atoms with van der Waals surface area (Å²) in [6.45, 7) is 2.63. The van der Waals surface area contributed by atoms with Gasteiger partial charge in [0, 0.05) is 23.5 Å². The molecule has 1 aromatic rings. The van der Waals surface area contributed by atoms with Crippen molar-refractivity contribution in [2.24, 2.45) is 0 Å². The van der Waals surface area contributed by atoms with E-state index >= 15 is 0 Å². The molecule has 80 valence electrons. The van der Waals surface area contributed by atoms with Gasteiger partial charge in [0.2, 0.25) is 0 Å². The third-order valence-electron chi connectivity index (χ3n) is 3.21. The molecule has 0 amide bonds. The first kappa shape index (κ1) is 10.1. The molecule has 1 aromatic carbocycles. The summed E-state index contributed by atoms with van der Waals surface area (Å²) in [5, 5.41) is 4.16. The Balaban J connectivity index is 2.14. The van der Waals surface area contributed by atoms with Crippen molar-refractivity contribution in [3.05, 3.63) is 32.8 Å². The van der Waals surface area contributed by atoms with Crippen molar-refractivity contribution in [3.8, 4) is 0 Å². The van der Waals surface area contributed by atoms with Gasteiger partial charge in [0.15, 0.2) is 0 Å². The molecular weight excluding hydrogens is 277 g/mol. The Morgan fingerprint density at radius 2 is 2.27 bits per heavy atom. The molecule has 2 heterocycles. The predicted molar refractivity (Wildman–Crippen MR) is 63.3 cm³/mol. The van der Waals surface area contributed by atoms with Crippen LogP contribution < -0.4 is 5.32 Å². The highest BCUT2D eigenvalue weighted by molar-refractivity contribution is 9.10. The maximum Gasteiger partial charge on any atom is 0.0785 e. The zero-order valence-electron chi connectivity index (χ0n) is 8.09. The monoisotopic (exact) mass is 287 g/mol. The summed E-state index contributed by atoms with van der Waals surface area (Å²) in [6.07, 6.45) is 0.312. The average molecular weight is 289 g/mol. The van der Waals surface area contributed by atoms with E-state index in [9.17, 15) is 0 Å². The molecule has 0 spiro atoms. The van der Waals surface area contributed by atoms with Crippen molar-refractivity contribution in [1.82, 2.24) is 5.32 Å². The van der Waals surface area contributed by atoms with Gasteiger partial charge < -0.3 is 10.1 Å². The first-order valence-electron chi connectivity index (χ1n) is 5.06. The fourth-order valence-electron chi connectivity index (χ4n) is 2.45. The van der Waals surface area contributed by atoms with Crippen LogP contribution in [-0.4, -0.2) is 19.2 Å². The van der Waals surface area contributed by atoms with Crippen molar-refractivity contribution in [1.29, 1.82) is 0 Å². The Hall–Kier alpha value is -0.0900. The summed E-state index contributed by atoms with van der Waals surface area (Å²) in [6, 6.07) is 3.99.